The summed E-state index contributed by atoms with van der Waals surface area (Å²) in [5.41, 5.74) is 1.85. The molecule has 0 aromatic carbocycles. The average molecular weight is 529 g/mol. The number of hydrogen-bond donors (Lipinski definition) is 1. The molecular formula is C33H56O3Si. The summed E-state index contributed by atoms with van der Waals surface area (Å²) in [7, 11) is -1.60. The van der Waals surface area contributed by atoms with Crippen molar-refractivity contribution in [1.29, 1.82) is 0 Å². The summed E-state index contributed by atoms with van der Waals surface area (Å²) >= 11 is 0. The van der Waals surface area contributed by atoms with Crippen molar-refractivity contribution in [2.24, 2.45) is 56.7 Å². The third kappa shape index (κ3) is 3.69. The van der Waals surface area contributed by atoms with Gasteiger partial charge in [-0.25, -0.2) is 0 Å². The summed E-state index contributed by atoms with van der Waals surface area (Å²) in [6, 6.07) is 0. The van der Waals surface area contributed by atoms with Gasteiger partial charge in [0.05, 0.1) is 11.5 Å². The van der Waals surface area contributed by atoms with Crippen molar-refractivity contribution in [3.63, 3.8) is 0 Å². The van der Waals surface area contributed by atoms with Gasteiger partial charge in [0.15, 0.2) is 8.32 Å². The summed E-state index contributed by atoms with van der Waals surface area (Å²) in [6.07, 6.45) is 13.0. The van der Waals surface area contributed by atoms with Crippen molar-refractivity contribution in [3.8, 4) is 0 Å². The number of hydrogen-bond acceptors (Lipinski definition) is 2. The van der Waals surface area contributed by atoms with Gasteiger partial charge < -0.3 is 9.53 Å². The smallest absolute Gasteiger partial charge is 0.310 e. The topological polar surface area (TPSA) is 46.5 Å². The number of allylic oxidation sites excluding steroid dienone is 2. The predicted molar refractivity (Wildman–Crippen MR) is 155 cm³/mol. The monoisotopic (exact) mass is 528 g/mol. The fraction of sp³-hybridized carbons (Fsp3) is 0.909. The highest BCUT2D eigenvalue weighted by Gasteiger charge is 2.69. The molecule has 5 rings (SSSR count). The lowest BCUT2D eigenvalue weighted by molar-refractivity contribution is -0.204. The van der Waals surface area contributed by atoms with Crippen molar-refractivity contribution in [1.82, 2.24) is 0 Å². The molecule has 1 N–H and O–H groups in total. The van der Waals surface area contributed by atoms with E-state index in [1.807, 2.05) is 0 Å². The van der Waals surface area contributed by atoms with Crippen LogP contribution in [0.1, 0.15) is 106 Å². The first-order valence-electron chi connectivity index (χ1n) is 15.6. The number of fused-ring (bicyclic) bond motifs is 7. The normalized spacial score (nSPS) is 51.1. The molecule has 37 heavy (non-hydrogen) atoms. The first kappa shape index (κ1) is 27.9. The molecule has 1 unspecified atom stereocenters. The molecule has 5 aliphatic carbocycles. The number of aliphatic carboxylic acids is 1. The van der Waals surface area contributed by atoms with E-state index in [0.717, 1.165) is 32.1 Å². The maximum atomic E-state index is 12.9. The van der Waals surface area contributed by atoms with Crippen molar-refractivity contribution in [2.45, 2.75) is 132 Å². The molecule has 0 aliphatic heterocycles. The van der Waals surface area contributed by atoms with Crippen LogP contribution < -0.4 is 0 Å². The van der Waals surface area contributed by atoms with Gasteiger partial charge >= 0.3 is 5.97 Å². The van der Waals surface area contributed by atoms with Crippen LogP contribution in [0.5, 0.6) is 0 Å². The van der Waals surface area contributed by atoms with Gasteiger partial charge in [-0.15, -0.1) is 0 Å². The maximum absolute atomic E-state index is 12.9. The van der Waals surface area contributed by atoms with E-state index in [0.29, 0.717) is 35.2 Å². The van der Waals surface area contributed by atoms with E-state index >= 15 is 0 Å². The first-order valence-corrected chi connectivity index (χ1v) is 19.0. The minimum absolute atomic E-state index is 0.106. The SMILES string of the molecule is C[C@H]1[C@H](C)CC[C@]2(C(=O)O)CC[C@]3(C)C(=CC[C@@H]4[C@@]5(C)CC[C@H](O[Si](C)(C)C)C(C)(C)C5CC[C@]43C)[C@H]12. The fourth-order valence-electron chi connectivity index (χ4n) is 11.5. The molecule has 0 aromatic rings. The molecule has 5 aliphatic rings. The molecule has 4 heteroatoms. The van der Waals surface area contributed by atoms with Crippen molar-refractivity contribution in [3.05, 3.63) is 11.6 Å². The number of carboxylic acids is 1. The standard InChI is InChI=1S/C33H56O3Si/c1-21-13-18-33(28(34)35)20-19-31(6)23(27(33)22(21)2)11-12-25-30(5)16-15-26(36-37(8,9)10)29(3,4)24(30)14-17-32(25,31)7/h11,21-22,24-27H,12-20H2,1-10H3,(H,34,35)/t21-,22+,24?,25-,26+,27+,30+,31-,32-,33+/m1/s1. The third-order valence-corrected chi connectivity index (χ3v) is 14.8. The molecule has 4 fully saturated rings. The molecule has 0 amide bonds. The Morgan fingerprint density at radius 1 is 0.919 bits per heavy atom. The molecule has 0 bridgehead atoms. The number of carboxylic acid groups (broad SMARTS) is 1. The Kier molecular flexibility index (Phi) is 6.38. The molecule has 210 valence electrons. The van der Waals surface area contributed by atoms with Gasteiger partial charge in [-0.2, -0.15) is 0 Å². The lowest BCUT2D eigenvalue weighted by Gasteiger charge is -2.71. The molecule has 0 heterocycles. The van der Waals surface area contributed by atoms with Gasteiger partial charge in [0, 0.05) is 0 Å². The van der Waals surface area contributed by atoms with Crippen molar-refractivity contribution in [2.75, 3.05) is 0 Å². The van der Waals surface area contributed by atoms with Crippen LogP contribution in [-0.2, 0) is 9.22 Å². The highest BCUT2D eigenvalue weighted by atomic mass is 28.4. The van der Waals surface area contributed by atoms with Crippen molar-refractivity contribution >= 4 is 14.3 Å². The highest BCUT2D eigenvalue weighted by Crippen LogP contribution is 2.75. The fourth-order valence-corrected chi connectivity index (χ4v) is 12.7. The molecule has 10 atom stereocenters. The number of rotatable bonds is 3. The minimum atomic E-state index is -1.60. The van der Waals surface area contributed by atoms with E-state index in [-0.39, 0.29) is 22.2 Å². The Morgan fingerprint density at radius 2 is 1.59 bits per heavy atom. The van der Waals surface area contributed by atoms with E-state index in [1.165, 1.54) is 25.7 Å². The van der Waals surface area contributed by atoms with Crippen molar-refractivity contribution < 1.29 is 14.3 Å². The van der Waals surface area contributed by atoms with Gasteiger partial charge in [0.2, 0.25) is 0 Å². The molecule has 4 saturated carbocycles. The lowest BCUT2D eigenvalue weighted by atomic mass is 9.33. The van der Waals surface area contributed by atoms with E-state index in [4.69, 9.17) is 4.43 Å². The van der Waals surface area contributed by atoms with Crippen LogP contribution in [-0.4, -0.2) is 25.5 Å². The van der Waals surface area contributed by atoms with Gasteiger partial charge in [0.25, 0.3) is 0 Å². The molecule has 0 radical (unpaired) electrons. The summed E-state index contributed by atoms with van der Waals surface area (Å²) in [6.45, 7) is 24.6. The minimum Gasteiger partial charge on any atom is -0.481 e. The largest absolute Gasteiger partial charge is 0.481 e. The highest BCUT2D eigenvalue weighted by molar-refractivity contribution is 6.69. The Labute approximate surface area is 228 Å². The van der Waals surface area contributed by atoms with Crippen LogP contribution in [0.3, 0.4) is 0 Å². The van der Waals surface area contributed by atoms with Crippen LogP contribution in [0, 0.1) is 56.7 Å². The second-order valence-corrected chi connectivity index (χ2v) is 21.1. The first-order chi connectivity index (χ1) is 16.9. The van der Waals surface area contributed by atoms with E-state index < -0.39 is 19.7 Å². The van der Waals surface area contributed by atoms with E-state index in [9.17, 15) is 9.90 Å². The van der Waals surface area contributed by atoms with E-state index in [2.05, 4.69) is 74.2 Å². The summed E-state index contributed by atoms with van der Waals surface area (Å²) in [5, 5.41) is 10.6. The Hall–Kier alpha value is -0.613. The Bertz CT molecular complexity index is 979. The maximum Gasteiger partial charge on any atom is 0.310 e. The zero-order valence-corrected chi connectivity index (χ0v) is 26.7. The Morgan fingerprint density at radius 3 is 2.22 bits per heavy atom. The lowest BCUT2D eigenvalue weighted by Crippen LogP contribution is -2.65. The summed E-state index contributed by atoms with van der Waals surface area (Å²) in [4.78, 5) is 12.9. The molecule has 0 aromatic heterocycles. The zero-order valence-electron chi connectivity index (χ0n) is 25.7. The quantitative estimate of drug-likeness (QED) is 0.294. The third-order valence-electron chi connectivity index (χ3n) is 13.9. The van der Waals surface area contributed by atoms with Gasteiger partial charge in [-0.3, -0.25) is 4.79 Å². The Balaban J connectivity index is 1.55. The van der Waals surface area contributed by atoms with Gasteiger partial charge in [-0.1, -0.05) is 60.1 Å². The van der Waals surface area contributed by atoms with Crippen LogP contribution in [0.4, 0.5) is 0 Å². The van der Waals surface area contributed by atoms with Crippen LogP contribution in [0.2, 0.25) is 19.6 Å². The molecular weight excluding hydrogens is 472 g/mol. The molecule has 0 saturated heterocycles. The second kappa shape index (κ2) is 8.45. The van der Waals surface area contributed by atoms with Crippen LogP contribution >= 0.6 is 0 Å². The van der Waals surface area contributed by atoms with Crippen LogP contribution in [0.25, 0.3) is 0 Å². The van der Waals surface area contributed by atoms with Gasteiger partial charge in [-0.05, 0) is 129 Å². The predicted octanol–water partition coefficient (Wildman–Crippen LogP) is 8.95. The van der Waals surface area contributed by atoms with Gasteiger partial charge in [0.1, 0.15) is 0 Å². The summed E-state index contributed by atoms with van der Waals surface area (Å²) < 4.78 is 6.84. The average Bonchev–Trinajstić information content (AvgIpc) is 2.78. The zero-order chi connectivity index (χ0) is 27.4. The summed E-state index contributed by atoms with van der Waals surface area (Å²) in [5.74, 6) is 2.06. The molecule has 3 nitrogen and oxygen atoms in total. The van der Waals surface area contributed by atoms with Crippen LogP contribution in [0.15, 0.2) is 11.6 Å². The van der Waals surface area contributed by atoms with E-state index in [1.54, 1.807) is 5.57 Å². The second-order valence-electron chi connectivity index (χ2n) is 16.7. The number of carbonyl (C=O) groups is 1. The molecule has 0 spiro atoms.